The topological polar surface area (TPSA) is 122 Å². The molecule has 0 saturated carbocycles. The second-order valence-electron chi connectivity index (χ2n) is 8.30. The molecule has 2 aromatic rings. The molecule has 0 saturated heterocycles. The summed E-state index contributed by atoms with van der Waals surface area (Å²) in [7, 11) is 1.72. The van der Waals surface area contributed by atoms with E-state index in [-0.39, 0.29) is 18.4 Å². The Balaban J connectivity index is 0.000000357. The second-order valence-corrected chi connectivity index (χ2v) is 9.31. The molecular formula is C27H40N2O5S. The standard InChI is InChI=1S/C17H28N2OS.C6H6.C4H6O4/c1-4-6-7-17(5-2)12-21-16-9-13(10-18)15(20-3)8-14(16)11-19-17;1-2-4-6-5-3-1;5-3(6)1-2-4(7)8/h8-9,19H,4-7,10-12,18H2,1-3H3;1-6H;1-2H2,(H,5,6)(H,7,8)/t17-;;/m1../s1. The van der Waals surface area contributed by atoms with Crippen LogP contribution >= 0.6 is 11.8 Å². The number of ether oxygens (including phenoxy) is 1. The average Bonchev–Trinajstić information content (AvgIpc) is 3.06. The first-order valence-corrected chi connectivity index (χ1v) is 13.0. The van der Waals surface area contributed by atoms with Gasteiger partial charge in [0.1, 0.15) is 5.75 Å². The maximum atomic E-state index is 9.64. The zero-order valence-corrected chi connectivity index (χ0v) is 21.9. The molecule has 35 heavy (non-hydrogen) atoms. The number of carbonyl (C=O) groups is 2. The van der Waals surface area contributed by atoms with E-state index in [0.29, 0.717) is 6.54 Å². The van der Waals surface area contributed by atoms with Crippen LogP contribution in [0.15, 0.2) is 53.4 Å². The van der Waals surface area contributed by atoms with Crippen LogP contribution in [0.2, 0.25) is 0 Å². The minimum atomic E-state index is -1.08. The van der Waals surface area contributed by atoms with Gasteiger partial charge in [-0.25, -0.2) is 0 Å². The Morgan fingerprint density at radius 3 is 2.06 bits per heavy atom. The quantitative estimate of drug-likeness (QED) is 0.362. The van der Waals surface area contributed by atoms with Crippen molar-refractivity contribution >= 4 is 23.7 Å². The summed E-state index contributed by atoms with van der Waals surface area (Å²) in [6.45, 7) is 6.01. The van der Waals surface area contributed by atoms with E-state index in [1.165, 1.54) is 36.1 Å². The number of benzene rings is 2. The molecule has 1 heterocycles. The minimum absolute atomic E-state index is 0.260. The number of carboxylic acid groups (broad SMARTS) is 2. The van der Waals surface area contributed by atoms with Gasteiger partial charge in [0.2, 0.25) is 0 Å². The summed E-state index contributed by atoms with van der Waals surface area (Å²) in [5.41, 5.74) is 8.53. The van der Waals surface area contributed by atoms with E-state index in [4.69, 9.17) is 20.7 Å². The van der Waals surface area contributed by atoms with Gasteiger partial charge >= 0.3 is 11.9 Å². The normalized spacial score (nSPS) is 16.3. The fraction of sp³-hybridized carbons (Fsp3) is 0.481. The Morgan fingerprint density at radius 2 is 1.63 bits per heavy atom. The fourth-order valence-electron chi connectivity index (χ4n) is 3.49. The molecule has 194 valence electrons. The largest absolute Gasteiger partial charge is 0.496 e. The number of hydrogen-bond donors (Lipinski definition) is 4. The van der Waals surface area contributed by atoms with Gasteiger partial charge in [0.15, 0.2) is 0 Å². The molecule has 1 aliphatic rings. The van der Waals surface area contributed by atoms with Crippen LogP contribution in [0, 0.1) is 0 Å². The van der Waals surface area contributed by atoms with Crippen LogP contribution < -0.4 is 15.8 Å². The number of methoxy groups -OCH3 is 1. The maximum absolute atomic E-state index is 9.64. The predicted octanol–water partition coefficient (Wildman–Crippen LogP) is 5.31. The van der Waals surface area contributed by atoms with Crippen molar-refractivity contribution in [2.24, 2.45) is 5.73 Å². The SMILES string of the molecule is CCCC[C@]1(CC)CSc2cc(CN)c(OC)cc2CN1.O=C(O)CCC(=O)O.c1ccccc1. The van der Waals surface area contributed by atoms with Gasteiger partial charge in [-0.15, -0.1) is 11.8 Å². The molecule has 0 fully saturated rings. The number of fused-ring (bicyclic) bond motifs is 1. The Hall–Kier alpha value is -2.55. The molecule has 5 N–H and O–H groups in total. The molecule has 0 aromatic heterocycles. The van der Waals surface area contributed by atoms with Crippen molar-refractivity contribution in [3.63, 3.8) is 0 Å². The number of thioether (sulfide) groups is 1. The lowest BCUT2D eigenvalue weighted by atomic mass is 9.91. The van der Waals surface area contributed by atoms with Crippen molar-refractivity contribution in [1.29, 1.82) is 0 Å². The van der Waals surface area contributed by atoms with E-state index in [1.807, 2.05) is 48.2 Å². The van der Waals surface area contributed by atoms with Crippen molar-refractivity contribution in [3.8, 4) is 5.75 Å². The summed E-state index contributed by atoms with van der Waals surface area (Å²) in [6.07, 6.45) is 4.38. The van der Waals surface area contributed by atoms with Crippen LogP contribution in [0.3, 0.4) is 0 Å². The molecule has 0 spiro atoms. The van der Waals surface area contributed by atoms with Crippen LogP contribution in [0.1, 0.15) is 63.5 Å². The van der Waals surface area contributed by atoms with Gasteiger partial charge in [-0.2, -0.15) is 0 Å². The van der Waals surface area contributed by atoms with E-state index in [1.54, 1.807) is 7.11 Å². The van der Waals surface area contributed by atoms with Gasteiger partial charge < -0.3 is 26.0 Å². The van der Waals surface area contributed by atoms with Crippen molar-refractivity contribution in [2.45, 2.75) is 75.9 Å². The summed E-state index contributed by atoms with van der Waals surface area (Å²) < 4.78 is 5.47. The number of nitrogens with two attached hydrogens (primary N) is 1. The number of nitrogens with one attached hydrogen (secondary N) is 1. The lowest BCUT2D eigenvalue weighted by molar-refractivity contribution is -0.143. The van der Waals surface area contributed by atoms with E-state index >= 15 is 0 Å². The smallest absolute Gasteiger partial charge is 0.303 e. The number of hydrogen-bond acceptors (Lipinski definition) is 6. The zero-order chi connectivity index (χ0) is 26.1. The molecule has 3 rings (SSSR count). The minimum Gasteiger partial charge on any atom is -0.496 e. The van der Waals surface area contributed by atoms with Crippen molar-refractivity contribution in [2.75, 3.05) is 12.9 Å². The third kappa shape index (κ3) is 11.6. The van der Waals surface area contributed by atoms with Crippen LogP contribution in [0.5, 0.6) is 5.75 Å². The lowest BCUT2D eigenvalue weighted by Crippen LogP contribution is -2.45. The summed E-state index contributed by atoms with van der Waals surface area (Å²) in [5, 5.41) is 19.6. The molecule has 0 unspecified atom stereocenters. The van der Waals surface area contributed by atoms with Crippen molar-refractivity contribution in [1.82, 2.24) is 5.32 Å². The average molecular weight is 505 g/mol. The monoisotopic (exact) mass is 504 g/mol. The first-order chi connectivity index (χ1) is 16.8. The fourth-order valence-corrected chi connectivity index (χ4v) is 4.92. The van der Waals surface area contributed by atoms with Gasteiger partial charge in [-0.3, -0.25) is 9.59 Å². The Morgan fingerprint density at radius 1 is 1.06 bits per heavy atom. The first-order valence-electron chi connectivity index (χ1n) is 12.0. The maximum Gasteiger partial charge on any atom is 0.303 e. The number of carboxylic acids is 2. The molecule has 0 bridgehead atoms. The van der Waals surface area contributed by atoms with Gasteiger partial charge in [0.25, 0.3) is 0 Å². The predicted molar refractivity (Wildman–Crippen MR) is 142 cm³/mol. The molecular weight excluding hydrogens is 464 g/mol. The molecule has 1 aliphatic heterocycles. The Labute approximate surface area is 213 Å². The summed E-state index contributed by atoms with van der Waals surface area (Å²) in [6, 6.07) is 16.4. The van der Waals surface area contributed by atoms with Crippen LogP contribution in [-0.4, -0.2) is 40.6 Å². The van der Waals surface area contributed by atoms with Gasteiger partial charge in [-0.1, -0.05) is 63.1 Å². The third-order valence-electron chi connectivity index (χ3n) is 5.75. The van der Waals surface area contributed by atoms with Gasteiger partial charge in [-0.05, 0) is 30.5 Å². The Kier molecular flexibility index (Phi) is 14.8. The number of rotatable bonds is 9. The number of aliphatic carboxylic acids is 2. The highest BCUT2D eigenvalue weighted by Gasteiger charge is 2.30. The molecule has 2 aromatic carbocycles. The first kappa shape index (κ1) is 30.5. The van der Waals surface area contributed by atoms with Crippen LogP contribution in [0.4, 0.5) is 0 Å². The molecule has 0 amide bonds. The molecule has 8 heteroatoms. The van der Waals surface area contributed by atoms with Gasteiger partial charge in [0.05, 0.1) is 20.0 Å². The van der Waals surface area contributed by atoms with E-state index < -0.39 is 11.9 Å². The molecule has 1 atom stereocenters. The molecule has 0 radical (unpaired) electrons. The summed E-state index contributed by atoms with van der Waals surface area (Å²) >= 11 is 1.97. The van der Waals surface area contributed by atoms with Crippen LogP contribution in [-0.2, 0) is 22.7 Å². The number of unbranched alkanes of at least 4 members (excludes halogenated alkanes) is 1. The van der Waals surface area contributed by atoms with E-state index in [0.717, 1.165) is 23.6 Å². The highest BCUT2D eigenvalue weighted by Crippen LogP contribution is 2.37. The lowest BCUT2D eigenvalue weighted by Gasteiger charge is -2.32. The second kappa shape index (κ2) is 17.0. The molecule has 0 aliphatic carbocycles. The zero-order valence-electron chi connectivity index (χ0n) is 21.1. The Bertz CT molecular complexity index is 817. The highest BCUT2D eigenvalue weighted by molar-refractivity contribution is 7.99. The van der Waals surface area contributed by atoms with Crippen molar-refractivity contribution < 1.29 is 24.5 Å². The highest BCUT2D eigenvalue weighted by atomic mass is 32.2. The van der Waals surface area contributed by atoms with Gasteiger partial charge in [0, 0.05) is 34.8 Å². The molecule has 7 nitrogen and oxygen atoms in total. The van der Waals surface area contributed by atoms with E-state index in [2.05, 4.69) is 31.3 Å². The van der Waals surface area contributed by atoms with Crippen LogP contribution in [0.25, 0.3) is 0 Å². The van der Waals surface area contributed by atoms with Crippen molar-refractivity contribution in [3.05, 3.63) is 59.7 Å². The van der Waals surface area contributed by atoms with E-state index in [9.17, 15) is 9.59 Å². The summed E-state index contributed by atoms with van der Waals surface area (Å²) in [4.78, 5) is 20.6. The summed E-state index contributed by atoms with van der Waals surface area (Å²) in [5.74, 6) is -0.108. The third-order valence-corrected chi connectivity index (χ3v) is 7.13.